The van der Waals surface area contributed by atoms with Gasteiger partial charge in [0.25, 0.3) is 9.05 Å². The standard InChI is InChI=1S/C7H14N2S.H2O3S2/c8-7(5-10)9-6-3-1-2-4-6;1-5(2,3)4/h6,10H,1-5H2,(H2,8,9);(H2,1,2,3,4). The summed E-state index contributed by atoms with van der Waals surface area (Å²) in [6.45, 7) is 0. The highest BCUT2D eigenvalue weighted by molar-refractivity contribution is 8.26. The Bertz CT molecular complexity index is 289. The summed E-state index contributed by atoms with van der Waals surface area (Å²) in [5, 5.41) is 0. The SMILES string of the molecule is NC(CS)=NC1CCCC1.O=S(O)(O)=S. The molecule has 0 aromatic heterocycles. The maximum Gasteiger partial charge on any atom is 0.263 e. The van der Waals surface area contributed by atoms with Crippen LogP contribution in [0.2, 0.25) is 0 Å². The quantitative estimate of drug-likeness (QED) is 0.340. The van der Waals surface area contributed by atoms with E-state index in [2.05, 4.69) is 28.8 Å². The van der Waals surface area contributed by atoms with Crippen LogP contribution in [0, 0.1) is 0 Å². The fourth-order valence-electron chi connectivity index (χ4n) is 1.31. The molecule has 90 valence electrons. The van der Waals surface area contributed by atoms with Gasteiger partial charge in [0.1, 0.15) is 5.84 Å². The van der Waals surface area contributed by atoms with Crippen LogP contribution in [0.4, 0.5) is 0 Å². The Hall–Kier alpha value is 0.110. The summed E-state index contributed by atoms with van der Waals surface area (Å²) in [6.07, 6.45) is 5.06. The number of thiol groups is 1. The van der Waals surface area contributed by atoms with Crippen LogP contribution in [0.25, 0.3) is 0 Å². The molecular weight excluding hydrogens is 256 g/mol. The zero-order valence-electron chi connectivity index (χ0n) is 8.20. The summed E-state index contributed by atoms with van der Waals surface area (Å²) < 4.78 is 24.0. The van der Waals surface area contributed by atoms with Crippen molar-refractivity contribution in [2.24, 2.45) is 10.7 Å². The topological polar surface area (TPSA) is 95.9 Å². The summed E-state index contributed by atoms with van der Waals surface area (Å²) in [5.41, 5.74) is 5.53. The molecule has 0 heterocycles. The fourth-order valence-corrected chi connectivity index (χ4v) is 1.39. The second-order valence-corrected chi connectivity index (χ2v) is 5.68. The van der Waals surface area contributed by atoms with Gasteiger partial charge in [-0.05, 0) is 12.8 Å². The van der Waals surface area contributed by atoms with Gasteiger partial charge >= 0.3 is 0 Å². The van der Waals surface area contributed by atoms with E-state index in [1.54, 1.807) is 0 Å². The first-order valence-corrected chi connectivity index (χ1v) is 7.48. The predicted octanol–water partition coefficient (Wildman–Crippen LogP) is 0.895. The molecule has 0 bridgehead atoms. The van der Waals surface area contributed by atoms with E-state index >= 15 is 0 Å². The summed E-state index contributed by atoms with van der Waals surface area (Å²) >= 11 is 7.50. The molecule has 1 aliphatic rings. The average molecular weight is 272 g/mol. The average Bonchev–Trinajstić information content (AvgIpc) is 2.53. The van der Waals surface area contributed by atoms with E-state index in [9.17, 15) is 0 Å². The molecule has 8 heteroatoms. The zero-order chi connectivity index (χ0) is 11.9. The van der Waals surface area contributed by atoms with Crippen LogP contribution in [0.1, 0.15) is 25.7 Å². The normalized spacial score (nSPS) is 18.5. The lowest BCUT2D eigenvalue weighted by molar-refractivity contribution is 0.450. The van der Waals surface area contributed by atoms with E-state index in [0.717, 1.165) is 0 Å². The summed E-state index contributed by atoms with van der Waals surface area (Å²) in [4.78, 5) is 4.31. The van der Waals surface area contributed by atoms with Crippen molar-refractivity contribution in [3.8, 4) is 0 Å². The lowest BCUT2D eigenvalue weighted by Gasteiger charge is -2.02. The highest BCUT2D eigenvalue weighted by Gasteiger charge is 2.13. The van der Waals surface area contributed by atoms with Crippen molar-refractivity contribution in [2.75, 3.05) is 5.75 Å². The first-order valence-electron chi connectivity index (χ1n) is 4.46. The van der Waals surface area contributed by atoms with Gasteiger partial charge < -0.3 is 5.73 Å². The van der Waals surface area contributed by atoms with Gasteiger partial charge in [0.15, 0.2) is 0 Å². The number of nitrogens with two attached hydrogens (primary N) is 1. The lowest BCUT2D eigenvalue weighted by atomic mass is 10.3. The molecule has 1 saturated carbocycles. The van der Waals surface area contributed by atoms with Crippen LogP contribution in [0.3, 0.4) is 0 Å². The van der Waals surface area contributed by atoms with Crippen LogP contribution in [0.5, 0.6) is 0 Å². The van der Waals surface area contributed by atoms with Gasteiger partial charge in [0.2, 0.25) is 0 Å². The first kappa shape index (κ1) is 15.1. The molecule has 0 radical (unpaired) electrons. The Morgan fingerprint density at radius 3 is 2.27 bits per heavy atom. The van der Waals surface area contributed by atoms with E-state index in [0.29, 0.717) is 17.6 Å². The van der Waals surface area contributed by atoms with Gasteiger partial charge in [-0.3, -0.25) is 14.1 Å². The van der Waals surface area contributed by atoms with Crippen molar-refractivity contribution in [3.05, 3.63) is 0 Å². The van der Waals surface area contributed by atoms with Gasteiger partial charge in [-0.2, -0.15) is 16.8 Å². The number of amidine groups is 1. The zero-order valence-corrected chi connectivity index (χ0v) is 10.7. The molecule has 0 spiro atoms. The molecule has 0 aromatic carbocycles. The largest absolute Gasteiger partial charge is 0.387 e. The molecule has 0 atom stereocenters. The van der Waals surface area contributed by atoms with Gasteiger partial charge in [-0.1, -0.05) is 12.8 Å². The highest BCUT2D eigenvalue weighted by Crippen LogP contribution is 2.20. The van der Waals surface area contributed by atoms with Crippen molar-refractivity contribution < 1.29 is 13.3 Å². The molecule has 15 heavy (non-hydrogen) atoms. The van der Waals surface area contributed by atoms with Crippen LogP contribution < -0.4 is 5.73 Å². The second kappa shape index (κ2) is 7.39. The molecular formula is C7H16N2O3S3. The molecule has 0 saturated heterocycles. The third kappa shape index (κ3) is 12.0. The summed E-state index contributed by atoms with van der Waals surface area (Å²) in [5.74, 6) is 1.28. The Kier molecular flexibility index (Phi) is 7.45. The monoisotopic (exact) mass is 272 g/mol. The molecule has 0 aromatic rings. The number of aliphatic imine (C=N–C) groups is 1. The smallest absolute Gasteiger partial charge is 0.263 e. The second-order valence-electron chi connectivity index (χ2n) is 3.16. The minimum Gasteiger partial charge on any atom is -0.387 e. The van der Waals surface area contributed by atoms with Crippen LogP contribution >= 0.6 is 12.6 Å². The number of rotatable bonds is 2. The third-order valence-corrected chi connectivity index (χ3v) is 2.16. The van der Waals surface area contributed by atoms with Gasteiger partial charge in [0, 0.05) is 16.9 Å². The van der Waals surface area contributed by atoms with E-state index in [4.69, 9.17) is 19.0 Å². The fraction of sp³-hybridized carbons (Fsp3) is 0.857. The number of hydrogen-bond donors (Lipinski definition) is 4. The van der Waals surface area contributed by atoms with E-state index in [1.807, 2.05) is 0 Å². The molecule has 0 unspecified atom stereocenters. The van der Waals surface area contributed by atoms with Crippen LogP contribution in [-0.4, -0.2) is 30.9 Å². The molecule has 1 fully saturated rings. The lowest BCUT2D eigenvalue weighted by Crippen LogP contribution is -2.16. The maximum absolute atomic E-state index is 9.11. The maximum atomic E-state index is 9.11. The molecule has 0 amide bonds. The predicted molar refractivity (Wildman–Crippen MR) is 68.5 cm³/mol. The molecule has 4 N–H and O–H groups in total. The Morgan fingerprint density at radius 2 is 1.93 bits per heavy atom. The van der Waals surface area contributed by atoms with Crippen molar-refractivity contribution in [3.63, 3.8) is 0 Å². The van der Waals surface area contributed by atoms with Crippen molar-refractivity contribution in [1.29, 1.82) is 0 Å². The Morgan fingerprint density at radius 1 is 1.53 bits per heavy atom. The minimum atomic E-state index is -3.83. The molecule has 5 nitrogen and oxygen atoms in total. The van der Waals surface area contributed by atoms with Crippen molar-refractivity contribution >= 4 is 38.7 Å². The van der Waals surface area contributed by atoms with E-state index < -0.39 is 9.05 Å². The van der Waals surface area contributed by atoms with Gasteiger partial charge in [0.05, 0.1) is 6.04 Å². The van der Waals surface area contributed by atoms with E-state index in [-0.39, 0.29) is 0 Å². The molecule has 1 rings (SSSR count). The minimum absolute atomic E-state index is 0.507. The van der Waals surface area contributed by atoms with Gasteiger partial charge in [-0.15, -0.1) is 0 Å². The van der Waals surface area contributed by atoms with Gasteiger partial charge in [-0.25, -0.2) is 0 Å². The number of nitrogens with zero attached hydrogens (tertiary/aromatic N) is 1. The van der Waals surface area contributed by atoms with Crippen molar-refractivity contribution in [2.45, 2.75) is 31.7 Å². The Labute approximate surface area is 100 Å². The molecule has 1 aliphatic carbocycles. The van der Waals surface area contributed by atoms with E-state index in [1.165, 1.54) is 25.7 Å². The van der Waals surface area contributed by atoms with Crippen molar-refractivity contribution in [1.82, 2.24) is 0 Å². The van der Waals surface area contributed by atoms with Crippen LogP contribution in [-0.2, 0) is 20.2 Å². The molecule has 0 aliphatic heterocycles. The summed E-state index contributed by atoms with van der Waals surface area (Å²) in [7, 11) is -3.83. The highest BCUT2D eigenvalue weighted by atomic mass is 32.9. The first-order chi connectivity index (χ1) is 6.83. The van der Waals surface area contributed by atoms with Crippen LogP contribution in [0.15, 0.2) is 4.99 Å². The number of hydrogen-bond acceptors (Lipinski definition) is 4. The summed E-state index contributed by atoms with van der Waals surface area (Å²) in [6, 6.07) is 0.507. The third-order valence-electron chi connectivity index (χ3n) is 1.84. The Balaban J connectivity index is 0.000000336.